The van der Waals surface area contributed by atoms with Crippen LogP contribution in [0.3, 0.4) is 0 Å². The molecule has 9 heteroatoms. The van der Waals surface area contributed by atoms with Gasteiger partial charge in [-0.05, 0) is 75.3 Å². The van der Waals surface area contributed by atoms with Crippen LogP contribution in [0.15, 0.2) is 32.3 Å². The number of hydrogen-bond donors (Lipinski definition) is 2. The van der Waals surface area contributed by atoms with Gasteiger partial charge in [0, 0.05) is 3.57 Å². The second kappa shape index (κ2) is 6.23. The number of aromatic carboxylic acids is 1. The maximum Gasteiger partial charge on any atom is 0.337 e. The average molecular weight is 502 g/mol. The first-order valence-electron chi connectivity index (χ1n) is 5.52. The van der Waals surface area contributed by atoms with Crippen molar-refractivity contribution < 1.29 is 18.3 Å². The number of sulfonamides is 1. The molecule has 0 spiro atoms. The molecule has 0 aliphatic heterocycles. The standard InChI is InChI=1S/C12H9BrINO4S2/c1-6-4-10(20-11(6)13)21(18,19)15-9-3-2-7(14)5-8(9)12(16)17/h2-5,15H,1H3,(H,16,17). The molecule has 1 aromatic carbocycles. The number of halogens is 2. The highest BCUT2D eigenvalue weighted by molar-refractivity contribution is 14.1. The van der Waals surface area contributed by atoms with Crippen LogP contribution in [-0.2, 0) is 10.0 Å². The predicted octanol–water partition coefficient (Wildman–Crippen LogP) is 3.92. The number of hydrogen-bond acceptors (Lipinski definition) is 4. The molecule has 0 atom stereocenters. The third-order valence-corrected chi connectivity index (χ3v) is 7.20. The summed E-state index contributed by atoms with van der Waals surface area (Å²) in [5, 5.41) is 9.16. The molecule has 112 valence electrons. The van der Waals surface area contributed by atoms with Crippen molar-refractivity contribution in [2.75, 3.05) is 4.72 Å². The second-order valence-electron chi connectivity index (χ2n) is 4.12. The number of carboxylic acids is 1. The molecule has 21 heavy (non-hydrogen) atoms. The zero-order chi connectivity index (χ0) is 15.8. The van der Waals surface area contributed by atoms with Crippen LogP contribution in [0.2, 0.25) is 0 Å². The van der Waals surface area contributed by atoms with E-state index in [0.29, 0.717) is 3.57 Å². The van der Waals surface area contributed by atoms with Crippen LogP contribution in [0, 0.1) is 10.5 Å². The number of anilines is 1. The number of carbonyl (C=O) groups is 1. The van der Waals surface area contributed by atoms with Crippen molar-refractivity contribution in [1.29, 1.82) is 0 Å². The second-order valence-corrected chi connectivity index (χ2v) is 9.65. The summed E-state index contributed by atoms with van der Waals surface area (Å²) >= 11 is 6.31. The first-order valence-corrected chi connectivity index (χ1v) is 9.69. The van der Waals surface area contributed by atoms with E-state index in [-0.39, 0.29) is 15.5 Å². The van der Waals surface area contributed by atoms with Gasteiger partial charge in [0.1, 0.15) is 4.21 Å². The van der Waals surface area contributed by atoms with Crippen LogP contribution >= 0.6 is 49.9 Å². The minimum Gasteiger partial charge on any atom is -0.478 e. The van der Waals surface area contributed by atoms with E-state index in [1.807, 2.05) is 22.6 Å². The summed E-state index contributed by atoms with van der Waals surface area (Å²) in [4.78, 5) is 11.2. The molecule has 0 amide bonds. The summed E-state index contributed by atoms with van der Waals surface area (Å²) in [6, 6.07) is 6.03. The minimum absolute atomic E-state index is 0.0464. The van der Waals surface area contributed by atoms with E-state index in [1.54, 1.807) is 13.0 Å². The van der Waals surface area contributed by atoms with Crippen molar-refractivity contribution in [3.8, 4) is 0 Å². The van der Waals surface area contributed by atoms with Gasteiger partial charge < -0.3 is 5.11 Å². The first-order chi connectivity index (χ1) is 9.70. The Labute approximate surface area is 147 Å². The Bertz CT molecular complexity index is 797. The number of thiophene rings is 1. The van der Waals surface area contributed by atoms with Crippen LogP contribution in [-0.4, -0.2) is 19.5 Å². The highest BCUT2D eigenvalue weighted by Crippen LogP contribution is 2.32. The fourth-order valence-electron chi connectivity index (χ4n) is 1.54. The van der Waals surface area contributed by atoms with Crippen LogP contribution < -0.4 is 4.72 Å². The van der Waals surface area contributed by atoms with E-state index in [1.165, 1.54) is 18.2 Å². The van der Waals surface area contributed by atoms with Gasteiger partial charge in [-0.3, -0.25) is 4.72 Å². The molecule has 1 aromatic heterocycles. The SMILES string of the molecule is Cc1cc(S(=O)(=O)Nc2ccc(I)cc2C(=O)O)sc1Br. The maximum atomic E-state index is 12.3. The number of nitrogens with one attached hydrogen (secondary N) is 1. The quantitative estimate of drug-likeness (QED) is 0.622. The lowest BCUT2D eigenvalue weighted by Gasteiger charge is -2.09. The lowest BCUT2D eigenvalue weighted by molar-refractivity contribution is 0.0698. The van der Waals surface area contributed by atoms with Crippen molar-refractivity contribution in [3.63, 3.8) is 0 Å². The highest BCUT2D eigenvalue weighted by atomic mass is 127. The van der Waals surface area contributed by atoms with E-state index in [4.69, 9.17) is 5.11 Å². The van der Waals surface area contributed by atoms with Gasteiger partial charge in [0.05, 0.1) is 15.0 Å². The molecule has 0 aliphatic carbocycles. The van der Waals surface area contributed by atoms with E-state index in [0.717, 1.165) is 20.7 Å². The summed E-state index contributed by atoms with van der Waals surface area (Å²) < 4.78 is 28.5. The summed E-state index contributed by atoms with van der Waals surface area (Å²) in [7, 11) is -3.81. The normalized spacial score (nSPS) is 11.4. The lowest BCUT2D eigenvalue weighted by atomic mass is 10.2. The third kappa shape index (κ3) is 3.76. The van der Waals surface area contributed by atoms with Crippen LogP contribution in [0.4, 0.5) is 5.69 Å². The third-order valence-electron chi connectivity index (χ3n) is 2.56. The predicted molar refractivity (Wildman–Crippen MR) is 93.7 cm³/mol. The van der Waals surface area contributed by atoms with Crippen LogP contribution in [0.5, 0.6) is 0 Å². The minimum atomic E-state index is -3.81. The molecule has 1 heterocycles. The van der Waals surface area contributed by atoms with Gasteiger partial charge in [0.25, 0.3) is 10.0 Å². The fraction of sp³-hybridized carbons (Fsp3) is 0.0833. The van der Waals surface area contributed by atoms with Gasteiger partial charge in [-0.1, -0.05) is 0 Å². The van der Waals surface area contributed by atoms with Gasteiger partial charge in [0.15, 0.2) is 0 Å². The van der Waals surface area contributed by atoms with Gasteiger partial charge in [-0.2, -0.15) is 0 Å². The molecule has 0 aliphatic rings. The molecule has 2 aromatic rings. The maximum absolute atomic E-state index is 12.3. The Kier molecular flexibility index (Phi) is 4.96. The van der Waals surface area contributed by atoms with Crippen molar-refractivity contribution in [3.05, 3.63) is 42.7 Å². The summed E-state index contributed by atoms with van der Waals surface area (Å²) in [6.45, 7) is 1.78. The number of carboxylic acid groups (broad SMARTS) is 1. The molecule has 2 N–H and O–H groups in total. The van der Waals surface area contributed by atoms with E-state index < -0.39 is 16.0 Å². The van der Waals surface area contributed by atoms with Gasteiger partial charge in [-0.15, -0.1) is 11.3 Å². The Hall–Kier alpha value is -0.650. The zero-order valence-electron chi connectivity index (χ0n) is 10.6. The lowest BCUT2D eigenvalue weighted by Crippen LogP contribution is -2.14. The van der Waals surface area contributed by atoms with E-state index in [2.05, 4.69) is 20.7 Å². The molecule has 0 radical (unpaired) electrons. The largest absolute Gasteiger partial charge is 0.478 e. The Balaban J connectivity index is 2.44. The number of benzene rings is 1. The Morgan fingerprint density at radius 1 is 1.38 bits per heavy atom. The molecular formula is C12H9BrINO4S2. The molecule has 0 fully saturated rings. The molecule has 0 unspecified atom stereocenters. The van der Waals surface area contributed by atoms with Crippen molar-refractivity contribution in [1.82, 2.24) is 0 Å². The summed E-state index contributed by atoms with van der Waals surface area (Å²) in [5.74, 6) is -1.19. The average Bonchev–Trinajstić information content (AvgIpc) is 2.72. The topological polar surface area (TPSA) is 83.5 Å². The summed E-state index contributed by atoms with van der Waals surface area (Å²) in [6.07, 6.45) is 0. The van der Waals surface area contributed by atoms with Gasteiger partial charge >= 0.3 is 5.97 Å². The number of aryl methyl sites for hydroxylation is 1. The fourth-order valence-corrected chi connectivity index (χ4v) is 5.34. The highest BCUT2D eigenvalue weighted by Gasteiger charge is 2.21. The molecular weight excluding hydrogens is 493 g/mol. The van der Waals surface area contributed by atoms with Crippen molar-refractivity contribution >= 4 is 71.5 Å². The zero-order valence-corrected chi connectivity index (χ0v) is 15.9. The molecule has 0 saturated carbocycles. The van der Waals surface area contributed by atoms with Crippen LogP contribution in [0.25, 0.3) is 0 Å². The van der Waals surface area contributed by atoms with Crippen LogP contribution in [0.1, 0.15) is 15.9 Å². The van der Waals surface area contributed by atoms with E-state index in [9.17, 15) is 13.2 Å². The monoisotopic (exact) mass is 501 g/mol. The Morgan fingerprint density at radius 2 is 2.05 bits per heavy atom. The first kappa shape index (κ1) is 16.7. The number of rotatable bonds is 4. The Morgan fingerprint density at radius 3 is 2.57 bits per heavy atom. The molecule has 0 saturated heterocycles. The van der Waals surface area contributed by atoms with E-state index >= 15 is 0 Å². The summed E-state index contributed by atoms with van der Waals surface area (Å²) in [5.41, 5.74) is 0.768. The van der Waals surface area contributed by atoms with Gasteiger partial charge in [-0.25, -0.2) is 13.2 Å². The molecule has 0 bridgehead atoms. The van der Waals surface area contributed by atoms with Gasteiger partial charge in [0.2, 0.25) is 0 Å². The molecule has 5 nitrogen and oxygen atoms in total. The van der Waals surface area contributed by atoms with Crippen molar-refractivity contribution in [2.24, 2.45) is 0 Å². The van der Waals surface area contributed by atoms with Crippen molar-refractivity contribution in [2.45, 2.75) is 11.1 Å². The molecule has 2 rings (SSSR count). The smallest absolute Gasteiger partial charge is 0.337 e.